The summed E-state index contributed by atoms with van der Waals surface area (Å²) in [5.41, 5.74) is 2.51. The maximum absolute atomic E-state index is 2.12. The van der Waals surface area contributed by atoms with E-state index in [1.807, 2.05) is 23.9 Å². The van der Waals surface area contributed by atoms with E-state index in [1.165, 1.54) is 11.1 Å². The molecule has 0 unspecified atom stereocenters. The van der Waals surface area contributed by atoms with E-state index in [-0.39, 0.29) is 12.4 Å². The molecule has 0 radical (unpaired) electrons. The van der Waals surface area contributed by atoms with E-state index in [0.717, 1.165) is 0 Å². The average molecular weight is 223 g/mol. The smallest absolute Gasteiger partial charge is 0.0106 e. The Kier molecular flexibility index (Phi) is 3.81. The molecule has 0 bridgehead atoms. The van der Waals surface area contributed by atoms with Crippen molar-refractivity contribution in [1.29, 1.82) is 0 Å². The molecule has 2 rings (SSSR count). The number of hydrogen-bond acceptors (Lipinski definition) is 2. The van der Waals surface area contributed by atoms with Crippen molar-refractivity contribution in [2.24, 2.45) is 0 Å². The number of halogens is 1. The van der Waals surface area contributed by atoms with Crippen molar-refractivity contribution in [3.05, 3.63) is 60.3 Å². The standard InChI is InChI=1S/C12H14N2.ClH/c1-13-7-3-11(4-8-13)12-5-9-14(2)10-6-12;/h3-10H,1-2H3;1H. The van der Waals surface area contributed by atoms with Crippen LogP contribution in [-0.2, 0) is 0 Å². The van der Waals surface area contributed by atoms with Gasteiger partial charge in [0.25, 0.3) is 0 Å². The van der Waals surface area contributed by atoms with Crippen molar-refractivity contribution in [2.75, 3.05) is 14.1 Å². The zero-order chi connectivity index (χ0) is 9.97. The monoisotopic (exact) mass is 222 g/mol. The molecular formula is C12H15ClN2. The molecule has 0 spiro atoms. The van der Waals surface area contributed by atoms with E-state index < -0.39 is 0 Å². The van der Waals surface area contributed by atoms with Gasteiger partial charge in [-0.05, 0) is 35.5 Å². The Morgan fingerprint density at radius 1 is 0.667 bits per heavy atom. The number of nitrogens with zero attached hydrogens (tertiary/aromatic N) is 2. The minimum Gasteiger partial charge on any atom is -0.357 e. The number of allylic oxidation sites excluding steroid dienone is 6. The fourth-order valence-electron chi connectivity index (χ4n) is 1.39. The maximum atomic E-state index is 2.12. The Balaban J connectivity index is 0.00000112. The summed E-state index contributed by atoms with van der Waals surface area (Å²) >= 11 is 0. The summed E-state index contributed by atoms with van der Waals surface area (Å²) in [6, 6.07) is 0. The highest BCUT2D eigenvalue weighted by molar-refractivity contribution is 5.85. The largest absolute Gasteiger partial charge is 0.357 e. The van der Waals surface area contributed by atoms with Gasteiger partial charge >= 0.3 is 0 Å². The zero-order valence-electron chi connectivity index (χ0n) is 8.92. The fraction of sp³-hybridized carbons (Fsp3) is 0.167. The first-order valence-electron chi connectivity index (χ1n) is 4.67. The molecule has 80 valence electrons. The Morgan fingerprint density at radius 3 is 1.20 bits per heavy atom. The van der Waals surface area contributed by atoms with Gasteiger partial charge in [-0.1, -0.05) is 0 Å². The molecule has 15 heavy (non-hydrogen) atoms. The fourth-order valence-corrected chi connectivity index (χ4v) is 1.39. The summed E-state index contributed by atoms with van der Waals surface area (Å²) in [5.74, 6) is 0. The summed E-state index contributed by atoms with van der Waals surface area (Å²) in [4.78, 5) is 4.07. The van der Waals surface area contributed by atoms with Gasteiger partial charge in [0.15, 0.2) is 0 Å². The third kappa shape index (κ3) is 2.77. The molecule has 2 nitrogen and oxygen atoms in total. The molecule has 0 aromatic carbocycles. The van der Waals surface area contributed by atoms with Gasteiger partial charge in [-0.3, -0.25) is 0 Å². The van der Waals surface area contributed by atoms with Gasteiger partial charge in [-0.15, -0.1) is 12.4 Å². The molecule has 3 heteroatoms. The minimum atomic E-state index is 0. The SMILES string of the molecule is CN1C=CC(=C2C=CN(C)C=C2)C=C1.Cl. The quantitative estimate of drug-likeness (QED) is 0.622. The Labute approximate surface area is 97.0 Å². The predicted octanol–water partition coefficient (Wildman–Crippen LogP) is 2.65. The predicted molar refractivity (Wildman–Crippen MR) is 66.4 cm³/mol. The van der Waals surface area contributed by atoms with E-state index in [4.69, 9.17) is 0 Å². The average Bonchev–Trinajstić information content (AvgIpc) is 2.21. The Bertz CT molecular complexity index is 307. The summed E-state index contributed by atoms with van der Waals surface area (Å²) in [7, 11) is 4.05. The lowest BCUT2D eigenvalue weighted by molar-refractivity contribution is 0.616. The molecular weight excluding hydrogens is 208 g/mol. The second-order valence-electron chi connectivity index (χ2n) is 3.50. The lowest BCUT2D eigenvalue weighted by Crippen LogP contribution is -2.06. The topological polar surface area (TPSA) is 6.48 Å². The van der Waals surface area contributed by atoms with Crippen LogP contribution in [0.2, 0.25) is 0 Å². The highest BCUT2D eigenvalue weighted by Gasteiger charge is 2.02. The van der Waals surface area contributed by atoms with Gasteiger partial charge in [0.05, 0.1) is 0 Å². The van der Waals surface area contributed by atoms with Crippen molar-refractivity contribution in [2.45, 2.75) is 0 Å². The van der Waals surface area contributed by atoms with Crippen LogP contribution < -0.4 is 0 Å². The molecule has 0 aromatic rings. The van der Waals surface area contributed by atoms with Gasteiger partial charge in [-0.25, -0.2) is 0 Å². The van der Waals surface area contributed by atoms with Crippen LogP contribution in [0.15, 0.2) is 60.3 Å². The summed E-state index contributed by atoms with van der Waals surface area (Å²) in [6.45, 7) is 0. The summed E-state index contributed by atoms with van der Waals surface area (Å²) in [6.07, 6.45) is 16.7. The molecule has 0 aliphatic carbocycles. The van der Waals surface area contributed by atoms with E-state index >= 15 is 0 Å². The third-order valence-corrected chi connectivity index (χ3v) is 2.29. The lowest BCUT2D eigenvalue weighted by Gasteiger charge is -2.16. The van der Waals surface area contributed by atoms with Crippen molar-refractivity contribution in [3.8, 4) is 0 Å². The highest BCUT2D eigenvalue weighted by Crippen LogP contribution is 2.18. The Hall–Kier alpha value is -1.41. The van der Waals surface area contributed by atoms with E-state index in [1.54, 1.807) is 0 Å². The molecule has 0 saturated carbocycles. The van der Waals surface area contributed by atoms with E-state index in [0.29, 0.717) is 0 Å². The van der Waals surface area contributed by atoms with Crippen LogP contribution in [0.1, 0.15) is 0 Å². The van der Waals surface area contributed by atoms with E-state index in [9.17, 15) is 0 Å². The molecule has 2 aliphatic rings. The van der Waals surface area contributed by atoms with Crippen LogP contribution in [0, 0.1) is 0 Å². The van der Waals surface area contributed by atoms with Gasteiger partial charge in [-0.2, -0.15) is 0 Å². The first-order chi connectivity index (χ1) is 6.75. The highest BCUT2D eigenvalue weighted by atomic mass is 35.5. The second-order valence-corrected chi connectivity index (χ2v) is 3.50. The first-order valence-corrected chi connectivity index (χ1v) is 4.67. The van der Waals surface area contributed by atoms with E-state index in [2.05, 4.69) is 49.1 Å². The van der Waals surface area contributed by atoms with Crippen molar-refractivity contribution in [1.82, 2.24) is 9.80 Å². The molecule has 0 fully saturated rings. The Morgan fingerprint density at radius 2 is 0.933 bits per heavy atom. The van der Waals surface area contributed by atoms with Crippen LogP contribution in [0.3, 0.4) is 0 Å². The first kappa shape index (κ1) is 11.7. The molecule has 0 amide bonds. The zero-order valence-corrected chi connectivity index (χ0v) is 9.74. The van der Waals surface area contributed by atoms with Crippen molar-refractivity contribution in [3.63, 3.8) is 0 Å². The molecule has 0 N–H and O–H groups in total. The maximum Gasteiger partial charge on any atom is 0.0106 e. The summed E-state index contributed by atoms with van der Waals surface area (Å²) < 4.78 is 0. The van der Waals surface area contributed by atoms with Gasteiger partial charge in [0, 0.05) is 38.9 Å². The van der Waals surface area contributed by atoms with Crippen LogP contribution in [0.5, 0.6) is 0 Å². The second kappa shape index (κ2) is 4.89. The van der Waals surface area contributed by atoms with Crippen LogP contribution in [-0.4, -0.2) is 23.9 Å². The van der Waals surface area contributed by atoms with Crippen LogP contribution in [0.4, 0.5) is 0 Å². The summed E-state index contributed by atoms with van der Waals surface area (Å²) in [5, 5.41) is 0. The van der Waals surface area contributed by atoms with Gasteiger partial charge < -0.3 is 9.80 Å². The molecule has 2 aliphatic heterocycles. The van der Waals surface area contributed by atoms with Gasteiger partial charge in [0.1, 0.15) is 0 Å². The lowest BCUT2D eigenvalue weighted by atomic mass is 10.1. The minimum absolute atomic E-state index is 0. The third-order valence-electron chi connectivity index (χ3n) is 2.29. The molecule has 0 aromatic heterocycles. The molecule has 2 heterocycles. The normalized spacial score (nSPS) is 18.5. The molecule has 0 atom stereocenters. The van der Waals surface area contributed by atoms with Crippen LogP contribution >= 0.6 is 12.4 Å². The molecule has 0 saturated heterocycles. The number of rotatable bonds is 0. The van der Waals surface area contributed by atoms with Crippen molar-refractivity contribution >= 4 is 12.4 Å². The van der Waals surface area contributed by atoms with Crippen LogP contribution in [0.25, 0.3) is 0 Å². The van der Waals surface area contributed by atoms with Gasteiger partial charge in [0.2, 0.25) is 0 Å². The van der Waals surface area contributed by atoms with Crippen molar-refractivity contribution < 1.29 is 0 Å². The number of hydrogen-bond donors (Lipinski definition) is 0.